The third kappa shape index (κ3) is 4.54. The number of benzene rings is 2. The summed E-state index contributed by atoms with van der Waals surface area (Å²) in [4.78, 5) is 14.4. The molecule has 138 valence electrons. The minimum absolute atomic E-state index is 0.00214. The molecule has 1 atom stereocenters. The normalized spacial score (nSPS) is 17.0. The summed E-state index contributed by atoms with van der Waals surface area (Å²) in [5.41, 5.74) is 2.90. The zero-order chi connectivity index (χ0) is 18.5. The molecule has 1 fully saturated rings. The van der Waals surface area contributed by atoms with Crippen molar-refractivity contribution >= 4 is 11.6 Å². The number of amides is 1. The molecule has 0 unspecified atom stereocenters. The molecule has 3 rings (SSSR count). The highest BCUT2D eigenvalue weighted by atomic mass is 19.1. The molecular formula is C21H25FN2O2. The van der Waals surface area contributed by atoms with E-state index in [9.17, 15) is 9.18 Å². The molecular weight excluding hydrogens is 331 g/mol. The molecule has 1 aliphatic rings. The lowest BCUT2D eigenvalue weighted by atomic mass is 10.0. The highest BCUT2D eigenvalue weighted by Crippen LogP contribution is 2.23. The van der Waals surface area contributed by atoms with Gasteiger partial charge in [0.1, 0.15) is 11.6 Å². The third-order valence-electron chi connectivity index (χ3n) is 4.72. The molecule has 1 amide bonds. The Balaban J connectivity index is 1.54. The molecule has 0 aromatic heterocycles. The summed E-state index contributed by atoms with van der Waals surface area (Å²) >= 11 is 0. The van der Waals surface area contributed by atoms with Crippen LogP contribution in [0.2, 0.25) is 0 Å². The van der Waals surface area contributed by atoms with E-state index < -0.39 is 0 Å². The largest absolute Gasteiger partial charge is 0.483 e. The van der Waals surface area contributed by atoms with Gasteiger partial charge in [0.2, 0.25) is 0 Å². The van der Waals surface area contributed by atoms with E-state index in [1.807, 2.05) is 38.1 Å². The molecule has 2 aromatic carbocycles. The highest BCUT2D eigenvalue weighted by molar-refractivity contribution is 5.78. The van der Waals surface area contributed by atoms with E-state index in [1.165, 1.54) is 12.1 Å². The first-order valence-corrected chi connectivity index (χ1v) is 9.02. The van der Waals surface area contributed by atoms with Gasteiger partial charge in [-0.05, 0) is 56.0 Å². The number of carbonyl (C=O) groups excluding carboxylic acids is 1. The van der Waals surface area contributed by atoms with Crippen LogP contribution in [0.25, 0.3) is 0 Å². The molecule has 1 aliphatic heterocycles. The summed E-state index contributed by atoms with van der Waals surface area (Å²) in [6.45, 7) is 5.49. The second-order valence-electron chi connectivity index (χ2n) is 6.84. The van der Waals surface area contributed by atoms with Crippen LogP contribution in [0.4, 0.5) is 10.1 Å². The predicted octanol–water partition coefficient (Wildman–Crippen LogP) is 3.61. The van der Waals surface area contributed by atoms with Crippen LogP contribution in [-0.2, 0) is 4.79 Å². The van der Waals surface area contributed by atoms with Crippen molar-refractivity contribution in [2.75, 3.05) is 24.6 Å². The maximum Gasteiger partial charge on any atom is 0.258 e. The van der Waals surface area contributed by atoms with E-state index in [-0.39, 0.29) is 24.4 Å². The fraction of sp³-hybridized carbons (Fsp3) is 0.381. The van der Waals surface area contributed by atoms with Crippen molar-refractivity contribution in [3.63, 3.8) is 0 Å². The average Bonchev–Trinajstić information content (AvgIpc) is 2.61. The number of anilines is 1. The quantitative estimate of drug-likeness (QED) is 0.890. The average molecular weight is 356 g/mol. The molecule has 5 heteroatoms. The third-order valence-corrected chi connectivity index (χ3v) is 4.72. The Bertz CT molecular complexity index is 758. The standard InChI is InChI=1S/C21H25FN2O2/c1-15-6-3-7-16(2)21(15)26-14-20(25)23-18-9-5-11-24(13-18)19-10-4-8-17(22)12-19/h3-4,6-8,10,12,18H,5,9,11,13-14H2,1-2H3,(H,23,25)/t18-/m1/s1. The SMILES string of the molecule is Cc1cccc(C)c1OCC(=O)N[C@@H]1CCCN(c2cccc(F)c2)C1. The molecule has 2 aromatic rings. The van der Waals surface area contributed by atoms with Crippen molar-refractivity contribution in [3.05, 3.63) is 59.4 Å². The highest BCUT2D eigenvalue weighted by Gasteiger charge is 2.22. The number of halogens is 1. The van der Waals surface area contributed by atoms with Gasteiger partial charge in [-0.2, -0.15) is 0 Å². The molecule has 1 heterocycles. The Labute approximate surface area is 154 Å². The minimum atomic E-state index is -0.240. The van der Waals surface area contributed by atoms with Gasteiger partial charge in [0, 0.05) is 24.8 Å². The summed E-state index contributed by atoms with van der Waals surface area (Å²) in [5.74, 6) is 0.405. The Morgan fingerprint density at radius 3 is 2.69 bits per heavy atom. The minimum Gasteiger partial charge on any atom is -0.483 e. The van der Waals surface area contributed by atoms with Crippen LogP contribution in [0.5, 0.6) is 5.75 Å². The van der Waals surface area contributed by atoms with Gasteiger partial charge in [-0.1, -0.05) is 24.3 Å². The van der Waals surface area contributed by atoms with Crippen molar-refractivity contribution in [2.24, 2.45) is 0 Å². The van der Waals surface area contributed by atoms with Crippen LogP contribution in [0.1, 0.15) is 24.0 Å². The van der Waals surface area contributed by atoms with Crippen LogP contribution >= 0.6 is 0 Å². The predicted molar refractivity (Wildman–Crippen MR) is 101 cm³/mol. The first-order valence-electron chi connectivity index (χ1n) is 9.02. The van der Waals surface area contributed by atoms with Crippen LogP contribution in [0.3, 0.4) is 0 Å². The van der Waals surface area contributed by atoms with Gasteiger partial charge in [-0.3, -0.25) is 4.79 Å². The number of carbonyl (C=O) groups is 1. The van der Waals surface area contributed by atoms with E-state index in [0.717, 1.165) is 42.0 Å². The van der Waals surface area contributed by atoms with Crippen molar-refractivity contribution in [2.45, 2.75) is 32.7 Å². The molecule has 4 nitrogen and oxygen atoms in total. The summed E-state index contributed by atoms with van der Waals surface area (Å²) in [7, 11) is 0. The van der Waals surface area contributed by atoms with Crippen molar-refractivity contribution in [1.29, 1.82) is 0 Å². The zero-order valence-electron chi connectivity index (χ0n) is 15.3. The summed E-state index contributed by atoms with van der Waals surface area (Å²) in [5, 5.41) is 3.04. The molecule has 0 aliphatic carbocycles. The maximum atomic E-state index is 13.4. The second-order valence-corrected chi connectivity index (χ2v) is 6.84. The van der Waals surface area contributed by atoms with E-state index >= 15 is 0 Å². The lowest BCUT2D eigenvalue weighted by Gasteiger charge is -2.34. The van der Waals surface area contributed by atoms with E-state index in [4.69, 9.17) is 4.74 Å². The number of hydrogen-bond donors (Lipinski definition) is 1. The number of para-hydroxylation sites is 1. The Kier molecular flexibility index (Phi) is 5.76. The van der Waals surface area contributed by atoms with Crippen LogP contribution in [0.15, 0.2) is 42.5 Å². The number of aryl methyl sites for hydroxylation is 2. The molecule has 0 saturated carbocycles. The monoisotopic (exact) mass is 356 g/mol. The fourth-order valence-electron chi connectivity index (χ4n) is 3.44. The molecule has 1 N–H and O–H groups in total. The fourth-order valence-corrected chi connectivity index (χ4v) is 3.44. The molecule has 0 bridgehead atoms. The van der Waals surface area contributed by atoms with Gasteiger partial charge in [0.25, 0.3) is 5.91 Å². The topological polar surface area (TPSA) is 41.6 Å². The van der Waals surface area contributed by atoms with Gasteiger partial charge < -0.3 is 15.0 Å². The number of ether oxygens (including phenoxy) is 1. The van der Waals surface area contributed by atoms with E-state index in [2.05, 4.69) is 10.2 Å². The Morgan fingerprint density at radius 2 is 1.96 bits per heavy atom. The van der Waals surface area contributed by atoms with Crippen LogP contribution < -0.4 is 15.0 Å². The van der Waals surface area contributed by atoms with Gasteiger partial charge >= 0.3 is 0 Å². The Morgan fingerprint density at radius 1 is 1.23 bits per heavy atom. The summed E-state index contributed by atoms with van der Waals surface area (Å²) < 4.78 is 19.2. The summed E-state index contributed by atoms with van der Waals surface area (Å²) in [6, 6.07) is 12.5. The Hall–Kier alpha value is -2.56. The number of nitrogens with one attached hydrogen (secondary N) is 1. The molecule has 1 saturated heterocycles. The second kappa shape index (κ2) is 8.21. The number of rotatable bonds is 5. The number of hydrogen-bond acceptors (Lipinski definition) is 3. The number of piperidine rings is 1. The molecule has 0 spiro atoms. The van der Waals surface area contributed by atoms with Gasteiger partial charge in [0.15, 0.2) is 6.61 Å². The van der Waals surface area contributed by atoms with Gasteiger partial charge in [-0.15, -0.1) is 0 Å². The lowest BCUT2D eigenvalue weighted by Crippen LogP contribution is -2.49. The van der Waals surface area contributed by atoms with Gasteiger partial charge in [-0.25, -0.2) is 4.39 Å². The van der Waals surface area contributed by atoms with E-state index in [1.54, 1.807) is 6.07 Å². The van der Waals surface area contributed by atoms with Gasteiger partial charge in [0.05, 0.1) is 0 Å². The smallest absolute Gasteiger partial charge is 0.258 e. The first kappa shape index (κ1) is 18.2. The lowest BCUT2D eigenvalue weighted by molar-refractivity contribution is -0.123. The van der Waals surface area contributed by atoms with E-state index in [0.29, 0.717) is 6.54 Å². The number of nitrogens with zero attached hydrogens (tertiary/aromatic N) is 1. The summed E-state index contributed by atoms with van der Waals surface area (Å²) in [6.07, 6.45) is 1.88. The zero-order valence-corrected chi connectivity index (χ0v) is 15.3. The first-order chi connectivity index (χ1) is 12.5. The van der Waals surface area contributed by atoms with Crippen LogP contribution in [-0.4, -0.2) is 31.6 Å². The molecule has 26 heavy (non-hydrogen) atoms. The van der Waals surface area contributed by atoms with Crippen molar-refractivity contribution < 1.29 is 13.9 Å². The maximum absolute atomic E-state index is 13.4. The van der Waals surface area contributed by atoms with Crippen LogP contribution in [0, 0.1) is 19.7 Å². The molecule has 0 radical (unpaired) electrons. The van der Waals surface area contributed by atoms with Crippen molar-refractivity contribution in [3.8, 4) is 5.75 Å². The van der Waals surface area contributed by atoms with Crippen molar-refractivity contribution in [1.82, 2.24) is 5.32 Å².